The lowest BCUT2D eigenvalue weighted by Crippen LogP contribution is -2.09. The Balaban J connectivity index is 2.33. The van der Waals surface area contributed by atoms with Crippen molar-refractivity contribution in [2.45, 2.75) is 0 Å². The number of rotatable bonds is 2. The Kier molecular flexibility index (Phi) is 2.51. The molecule has 2 aromatic heterocycles. The predicted octanol–water partition coefficient (Wildman–Crippen LogP) is 0.963. The van der Waals surface area contributed by atoms with Gasteiger partial charge in [0.05, 0.1) is 11.9 Å². The zero-order valence-electron chi connectivity index (χ0n) is 7.68. The summed E-state index contributed by atoms with van der Waals surface area (Å²) in [4.78, 5) is 3.87. The summed E-state index contributed by atoms with van der Waals surface area (Å²) in [6.07, 6.45) is 1.13. The lowest BCUT2D eigenvalue weighted by atomic mass is 10.2. The smallest absolute Gasteiger partial charge is 0.162 e. The van der Waals surface area contributed by atoms with Crippen LogP contribution in [-0.4, -0.2) is 15.2 Å². The molecule has 0 bridgehead atoms. The molecule has 0 unspecified atom stereocenters. The summed E-state index contributed by atoms with van der Waals surface area (Å²) < 4.78 is 12.6. The van der Waals surface area contributed by atoms with Gasteiger partial charge in [0.25, 0.3) is 0 Å². The van der Waals surface area contributed by atoms with Gasteiger partial charge in [-0.3, -0.25) is 4.98 Å². The number of nitrogens with two attached hydrogens (primary N) is 1. The summed E-state index contributed by atoms with van der Waals surface area (Å²) >= 11 is 0. The first-order chi connectivity index (χ1) is 7.29. The minimum Gasteiger partial charge on any atom is -0.307 e. The number of hydrogen-bond donors (Lipinski definition) is 2. The average Bonchev–Trinajstić information content (AvgIpc) is 2.30. The zero-order valence-corrected chi connectivity index (χ0v) is 7.68. The highest BCUT2D eigenvalue weighted by Crippen LogP contribution is 2.13. The Hall–Kier alpha value is -2.08. The molecular formula is C9H8FN5. The highest BCUT2D eigenvalue weighted by molar-refractivity contribution is 5.54. The number of pyridine rings is 1. The summed E-state index contributed by atoms with van der Waals surface area (Å²) in [7, 11) is 0. The second kappa shape index (κ2) is 3.97. The van der Waals surface area contributed by atoms with Crippen molar-refractivity contribution in [3.8, 4) is 11.4 Å². The SMILES string of the molecule is NNc1ccc(-c2ccc(F)cn2)nn1. The van der Waals surface area contributed by atoms with Gasteiger partial charge >= 0.3 is 0 Å². The zero-order chi connectivity index (χ0) is 10.7. The van der Waals surface area contributed by atoms with E-state index in [-0.39, 0.29) is 5.82 Å². The number of nitrogens with zero attached hydrogens (tertiary/aromatic N) is 3. The molecule has 6 heteroatoms. The third-order valence-electron chi connectivity index (χ3n) is 1.80. The van der Waals surface area contributed by atoms with Crippen molar-refractivity contribution in [3.63, 3.8) is 0 Å². The van der Waals surface area contributed by atoms with E-state index in [1.54, 1.807) is 12.1 Å². The number of halogens is 1. The number of hydrazine groups is 1. The molecule has 0 saturated heterocycles. The average molecular weight is 205 g/mol. The molecule has 0 aliphatic rings. The standard InChI is InChI=1S/C9H8FN5/c10-6-1-2-7(12-5-6)8-3-4-9(13-11)15-14-8/h1-5H,11H2,(H,13,15). The van der Waals surface area contributed by atoms with Gasteiger partial charge < -0.3 is 5.43 Å². The molecular weight excluding hydrogens is 197 g/mol. The molecule has 2 rings (SSSR count). The van der Waals surface area contributed by atoms with E-state index in [0.29, 0.717) is 17.2 Å². The fourth-order valence-electron chi connectivity index (χ4n) is 1.07. The number of hydrogen-bond acceptors (Lipinski definition) is 5. The molecule has 5 nitrogen and oxygen atoms in total. The molecule has 3 N–H and O–H groups in total. The van der Waals surface area contributed by atoms with Crippen LogP contribution in [0.2, 0.25) is 0 Å². The van der Waals surface area contributed by atoms with Gasteiger partial charge in [0.2, 0.25) is 0 Å². The molecule has 0 atom stereocenters. The van der Waals surface area contributed by atoms with Crippen molar-refractivity contribution >= 4 is 5.82 Å². The van der Waals surface area contributed by atoms with Crippen molar-refractivity contribution in [2.24, 2.45) is 5.84 Å². The maximum atomic E-state index is 12.6. The van der Waals surface area contributed by atoms with E-state index in [1.807, 2.05) is 0 Å². The monoisotopic (exact) mass is 205 g/mol. The molecule has 0 spiro atoms. The van der Waals surface area contributed by atoms with Crippen LogP contribution in [0, 0.1) is 5.82 Å². The number of nitrogens with one attached hydrogen (secondary N) is 1. The molecule has 15 heavy (non-hydrogen) atoms. The summed E-state index contributed by atoms with van der Waals surface area (Å²) in [6, 6.07) is 6.21. The molecule has 0 aromatic carbocycles. The van der Waals surface area contributed by atoms with Crippen molar-refractivity contribution in [1.29, 1.82) is 0 Å². The van der Waals surface area contributed by atoms with Gasteiger partial charge in [0, 0.05) is 0 Å². The Morgan fingerprint density at radius 3 is 2.40 bits per heavy atom. The van der Waals surface area contributed by atoms with E-state index in [2.05, 4.69) is 20.6 Å². The normalized spacial score (nSPS) is 10.0. The summed E-state index contributed by atoms with van der Waals surface area (Å²) in [5.41, 5.74) is 3.49. The second-order valence-electron chi connectivity index (χ2n) is 2.81. The van der Waals surface area contributed by atoms with Gasteiger partial charge in [-0.2, -0.15) is 0 Å². The van der Waals surface area contributed by atoms with Crippen LogP contribution in [0.15, 0.2) is 30.5 Å². The van der Waals surface area contributed by atoms with Crippen molar-refractivity contribution in [1.82, 2.24) is 15.2 Å². The lowest BCUT2D eigenvalue weighted by molar-refractivity contribution is 0.621. The van der Waals surface area contributed by atoms with Gasteiger partial charge in [-0.15, -0.1) is 10.2 Å². The fraction of sp³-hybridized carbons (Fsp3) is 0. The second-order valence-corrected chi connectivity index (χ2v) is 2.81. The number of anilines is 1. The van der Waals surface area contributed by atoms with E-state index in [4.69, 9.17) is 5.84 Å². The van der Waals surface area contributed by atoms with E-state index in [0.717, 1.165) is 6.20 Å². The minimum atomic E-state index is -0.382. The lowest BCUT2D eigenvalue weighted by Gasteiger charge is -2.00. The van der Waals surface area contributed by atoms with Gasteiger partial charge in [-0.05, 0) is 24.3 Å². The summed E-state index contributed by atoms with van der Waals surface area (Å²) in [5, 5.41) is 7.65. The third kappa shape index (κ3) is 2.05. The number of nitrogen functional groups attached to an aromatic ring is 1. The van der Waals surface area contributed by atoms with Crippen molar-refractivity contribution in [2.75, 3.05) is 5.43 Å². The van der Waals surface area contributed by atoms with Crippen molar-refractivity contribution in [3.05, 3.63) is 36.3 Å². The van der Waals surface area contributed by atoms with Crippen LogP contribution in [0.5, 0.6) is 0 Å². The molecule has 76 valence electrons. The Morgan fingerprint density at radius 2 is 1.87 bits per heavy atom. The Morgan fingerprint density at radius 1 is 1.07 bits per heavy atom. The largest absolute Gasteiger partial charge is 0.307 e. The highest BCUT2D eigenvalue weighted by Gasteiger charge is 2.01. The van der Waals surface area contributed by atoms with Gasteiger partial charge in [-0.1, -0.05) is 0 Å². The van der Waals surface area contributed by atoms with E-state index >= 15 is 0 Å². The van der Waals surface area contributed by atoms with Crippen molar-refractivity contribution < 1.29 is 4.39 Å². The van der Waals surface area contributed by atoms with Gasteiger partial charge in [0.15, 0.2) is 5.82 Å². The van der Waals surface area contributed by atoms with Crippen LogP contribution in [0.25, 0.3) is 11.4 Å². The Labute approximate surface area is 85.1 Å². The maximum absolute atomic E-state index is 12.6. The molecule has 2 heterocycles. The predicted molar refractivity (Wildman–Crippen MR) is 53.0 cm³/mol. The molecule has 0 saturated carbocycles. The van der Waals surface area contributed by atoms with Crippen LogP contribution in [0.3, 0.4) is 0 Å². The molecule has 0 amide bonds. The molecule has 2 aromatic rings. The molecule has 0 fully saturated rings. The van der Waals surface area contributed by atoms with Gasteiger partial charge in [0.1, 0.15) is 11.5 Å². The van der Waals surface area contributed by atoms with Crippen LogP contribution in [0.4, 0.5) is 10.2 Å². The molecule has 0 aliphatic carbocycles. The maximum Gasteiger partial charge on any atom is 0.162 e. The Bertz CT molecular complexity index is 439. The van der Waals surface area contributed by atoms with E-state index in [1.165, 1.54) is 12.1 Å². The first-order valence-corrected chi connectivity index (χ1v) is 4.22. The van der Waals surface area contributed by atoms with Gasteiger partial charge in [-0.25, -0.2) is 10.2 Å². The van der Waals surface area contributed by atoms with Crippen LogP contribution < -0.4 is 11.3 Å². The minimum absolute atomic E-state index is 0.382. The molecule has 0 radical (unpaired) electrons. The summed E-state index contributed by atoms with van der Waals surface area (Å²) in [6.45, 7) is 0. The van der Waals surface area contributed by atoms with E-state index < -0.39 is 0 Å². The summed E-state index contributed by atoms with van der Waals surface area (Å²) in [5.74, 6) is 5.22. The number of aromatic nitrogens is 3. The third-order valence-corrected chi connectivity index (χ3v) is 1.80. The fourth-order valence-corrected chi connectivity index (χ4v) is 1.07. The van der Waals surface area contributed by atoms with Crippen LogP contribution >= 0.6 is 0 Å². The topological polar surface area (TPSA) is 76.7 Å². The first kappa shape index (κ1) is 9.47. The molecule has 0 aliphatic heterocycles. The first-order valence-electron chi connectivity index (χ1n) is 4.22. The highest BCUT2D eigenvalue weighted by atomic mass is 19.1. The van der Waals surface area contributed by atoms with Crippen LogP contribution in [0.1, 0.15) is 0 Å². The van der Waals surface area contributed by atoms with E-state index in [9.17, 15) is 4.39 Å². The quantitative estimate of drug-likeness (QED) is 0.564. The van der Waals surface area contributed by atoms with Crippen LogP contribution in [-0.2, 0) is 0 Å².